The second-order valence-electron chi connectivity index (χ2n) is 3.98. The summed E-state index contributed by atoms with van der Waals surface area (Å²) in [6.45, 7) is 1.41. The highest BCUT2D eigenvalue weighted by Crippen LogP contribution is 2.26. The highest BCUT2D eigenvalue weighted by molar-refractivity contribution is 5.98. The molecule has 0 saturated heterocycles. The summed E-state index contributed by atoms with van der Waals surface area (Å²) < 4.78 is 0. The zero-order valence-electron chi connectivity index (χ0n) is 9.84. The van der Waals surface area contributed by atoms with Crippen molar-refractivity contribution in [2.24, 2.45) is 0 Å². The number of rotatable bonds is 2. The summed E-state index contributed by atoms with van der Waals surface area (Å²) in [6.07, 6.45) is 0. The van der Waals surface area contributed by atoms with E-state index < -0.39 is 0 Å². The maximum Gasteiger partial charge on any atom is 0.163 e. The number of phenols is 1. The summed E-state index contributed by atoms with van der Waals surface area (Å²) in [7, 11) is 0. The Morgan fingerprint density at radius 2 is 1.72 bits per heavy atom. The number of nitrogens with zero attached hydrogens (tertiary/aromatic N) is 1. The molecule has 0 saturated carbocycles. The Kier molecular flexibility index (Phi) is 3.11. The van der Waals surface area contributed by atoms with Gasteiger partial charge in [0.1, 0.15) is 5.75 Å². The van der Waals surface area contributed by atoms with Crippen LogP contribution in [-0.4, -0.2) is 10.9 Å². The molecule has 0 amide bonds. The van der Waals surface area contributed by atoms with Gasteiger partial charge in [-0.3, -0.25) is 4.79 Å². The first-order valence-corrected chi connectivity index (χ1v) is 5.46. The molecule has 0 spiro atoms. The molecule has 0 aromatic heterocycles. The SMILES string of the molecule is CC(=O)c1cc(-c2ccc(C#N)cc2)ccc1O. The van der Waals surface area contributed by atoms with Crippen LogP contribution in [0.5, 0.6) is 5.75 Å². The molecule has 3 heteroatoms. The zero-order valence-corrected chi connectivity index (χ0v) is 9.84. The number of carbonyl (C=O) groups is 1. The first-order chi connectivity index (χ1) is 8.61. The van der Waals surface area contributed by atoms with Crippen molar-refractivity contribution < 1.29 is 9.90 Å². The molecule has 2 aromatic carbocycles. The number of hydrogen-bond donors (Lipinski definition) is 1. The van der Waals surface area contributed by atoms with E-state index in [0.717, 1.165) is 11.1 Å². The second-order valence-corrected chi connectivity index (χ2v) is 3.98. The summed E-state index contributed by atoms with van der Waals surface area (Å²) in [4.78, 5) is 11.3. The summed E-state index contributed by atoms with van der Waals surface area (Å²) >= 11 is 0. The van der Waals surface area contributed by atoms with Gasteiger partial charge in [-0.1, -0.05) is 18.2 Å². The summed E-state index contributed by atoms with van der Waals surface area (Å²) in [5.74, 6) is -0.192. The molecule has 3 nitrogen and oxygen atoms in total. The molecule has 2 rings (SSSR count). The topological polar surface area (TPSA) is 61.1 Å². The lowest BCUT2D eigenvalue weighted by atomic mass is 10.00. The van der Waals surface area contributed by atoms with Gasteiger partial charge < -0.3 is 5.11 Å². The first kappa shape index (κ1) is 11.9. The van der Waals surface area contributed by atoms with Gasteiger partial charge in [-0.15, -0.1) is 0 Å². The smallest absolute Gasteiger partial charge is 0.163 e. The van der Waals surface area contributed by atoms with E-state index in [1.54, 1.807) is 24.3 Å². The van der Waals surface area contributed by atoms with Gasteiger partial charge in [0, 0.05) is 0 Å². The normalized spacial score (nSPS) is 9.78. The van der Waals surface area contributed by atoms with Crippen LogP contribution in [0, 0.1) is 11.3 Å². The molecular formula is C15H11NO2. The minimum absolute atomic E-state index is 0.0140. The maximum absolute atomic E-state index is 11.3. The molecule has 0 radical (unpaired) electrons. The van der Waals surface area contributed by atoms with Crippen molar-refractivity contribution in [3.05, 3.63) is 53.6 Å². The van der Waals surface area contributed by atoms with Crippen LogP contribution in [0.4, 0.5) is 0 Å². The van der Waals surface area contributed by atoms with Crippen molar-refractivity contribution >= 4 is 5.78 Å². The van der Waals surface area contributed by atoms with E-state index in [0.29, 0.717) is 11.1 Å². The minimum Gasteiger partial charge on any atom is -0.507 e. The molecule has 2 aromatic rings. The lowest BCUT2D eigenvalue weighted by molar-refractivity contribution is 0.101. The fraction of sp³-hybridized carbons (Fsp3) is 0.0667. The van der Waals surface area contributed by atoms with E-state index in [2.05, 4.69) is 6.07 Å². The Balaban J connectivity index is 2.48. The van der Waals surface area contributed by atoms with Crippen LogP contribution >= 0.6 is 0 Å². The van der Waals surface area contributed by atoms with E-state index >= 15 is 0 Å². The molecule has 1 N–H and O–H groups in total. The van der Waals surface area contributed by atoms with E-state index in [9.17, 15) is 9.90 Å². The third-order valence-corrected chi connectivity index (χ3v) is 2.72. The molecule has 0 atom stereocenters. The fourth-order valence-corrected chi connectivity index (χ4v) is 1.73. The van der Waals surface area contributed by atoms with Crippen LogP contribution in [0.2, 0.25) is 0 Å². The maximum atomic E-state index is 11.3. The van der Waals surface area contributed by atoms with Crippen LogP contribution in [-0.2, 0) is 0 Å². The predicted molar refractivity (Wildman–Crippen MR) is 68.3 cm³/mol. The molecule has 88 valence electrons. The van der Waals surface area contributed by atoms with Gasteiger partial charge in [0.25, 0.3) is 0 Å². The van der Waals surface area contributed by atoms with Crippen molar-refractivity contribution in [3.8, 4) is 22.9 Å². The Hall–Kier alpha value is -2.60. The monoisotopic (exact) mass is 237 g/mol. The fourth-order valence-electron chi connectivity index (χ4n) is 1.73. The third kappa shape index (κ3) is 2.23. The number of phenolic OH excluding ortho intramolecular Hbond substituents is 1. The van der Waals surface area contributed by atoms with Crippen molar-refractivity contribution in [3.63, 3.8) is 0 Å². The number of ketones is 1. The lowest BCUT2D eigenvalue weighted by Gasteiger charge is -2.05. The number of Topliss-reactive ketones (excluding diaryl/α,β-unsaturated/α-hetero) is 1. The summed E-state index contributed by atoms with van der Waals surface area (Å²) in [5.41, 5.74) is 2.63. The highest BCUT2D eigenvalue weighted by atomic mass is 16.3. The van der Waals surface area contributed by atoms with Crippen molar-refractivity contribution in [2.45, 2.75) is 6.92 Å². The first-order valence-electron chi connectivity index (χ1n) is 5.46. The van der Waals surface area contributed by atoms with Gasteiger partial charge in [-0.2, -0.15) is 5.26 Å². The Labute approximate surface area is 105 Å². The molecule has 0 bridgehead atoms. The molecule has 0 aliphatic heterocycles. The van der Waals surface area contributed by atoms with Crippen molar-refractivity contribution in [2.75, 3.05) is 0 Å². The van der Waals surface area contributed by atoms with E-state index in [4.69, 9.17) is 5.26 Å². The molecular weight excluding hydrogens is 226 g/mol. The summed E-state index contributed by atoms with van der Waals surface area (Å²) in [6, 6.07) is 14.0. The molecule has 0 fully saturated rings. The Morgan fingerprint density at radius 3 is 2.28 bits per heavy atom. The van der Waals surface area contributed by atoms with Crippen molar-refractivity contribution in [1.29, 1.82) is 5.26 Å². The van der Waals surface area contributed by atoms with Gasteiger partial charge >= 0.3 is 0 Å². The van der Waals surface area contributed by atoms with Crippen LogP contribution in [0.3, 0.4) is 0 Å². The standard InChI is InChI=1S/C15H11NO2/c1-10(17)14-8-13(6-7-15(14)18)12-4-2-11(9-16)3-5-12/h2-8,18H,1H3. The van der Waals surface area contributed by atoms with E-state index in [1.807, 2.05) is 12.1 Å². The molecule has 0 heterocycles. The molecule has 18 heavy (non-hydrogen) atoms. The zero-order chi connectivity index (χ0) is 13.1. The van der Waals surface area contributed by atoms with E-state index in [1.165, 1.54) is 13.0 Å². The number of benzene rings is 2. The average Bonchev–Trinajstić information content (AvgIpc) is 2.39. The largest absolute Gasteiger partial charge is 0.507 e. The number of carbonyl (C=O) groups excluding carboxylic acids is 1. The van der Waals surface area contributed by atoms with E-state index in [-0.39, 0.29) is 11.5 Å². The Morgan fingerprint density at radius 1 is 1.11 bits per heavy atom. The van der Waals surface area contributed by atoms with Crippen LogP contribution < -0.4 is 0 Å². The lowest BCUT2D eigenvalue weighted by Crippen LogP contribution is -1.93. The van der Waals surface area contributed by atoms with Gasteiger partial charge in [-0.05, 0) is 42.3 Å². The number of aromatic hydroxyl groups is 1. The van der Waals surface area contributed by atoms with Crippen molar-refractivity contribution in [1.82, 2.24) is 0 Å². The Bertz CT molecular complexity index is 637. The van der Waals surface area contributed by atoms with Crippen LogP contribution in [0.25, 0.3) is 11.1 Å². The minimum atomic E-state index is -0.178. The van der Waals surface area contributed by atoms with Gasteiger partial charge in [0.2, 0.25) is 0 Å². The molecule has 0 aliphatic rings. The van der Waals surface area contributed by atoms with Gasteiger partial charge in [0.05, 0.1) is 17.2 Å². The third-order valence-electron chi connectivity index (χ3n) is 2.72. The number of nitriles is 1. The number of hydrogen-bond acceptors (Lipinski definition) is 3. The van der Waals surface area contributed by atoms with Gasteiger partial charge in [0.15, 0.2) is 5.78 Å². The molecule has 0 aliphatic carbocycles. The second kappa shape index (κ2) is 4.72. The quantitative estimate of drug-likeness (QED) is 0.816. The predicted octanol–water partition coefficient (Wildman–Crippen LogP) is 3.13. The van der Waals surface area contributed by atoms with Crippen LogP contribution in [0.15, 0.2) is 42.5 Å². The van der Waals surface area contributed by atoms with Crippen LogP contribution in [0.1, 0.15) is 22.8 Å². The highest BCUT2D eigenvalue weighted by Gasteiger charge is 2.08. The molecule has 0 unspecified atom stereocenters. The average molecular weight is 237 g/mol. The summed E-state index contributed by atoms with van der Waals surface area (Å²) in [5, 5.41) is 18.3. The van der Waals surface area contributed by atoms with Gasteiger partial charge in [-0.25, -0.2) is 0 Å².